The minimum atomic E-state index is 0.466. The van der Waals surface area contributed by atoms with E-state index in [-0.39, 0.29) is 0 Å². The number of nitrogens with zero attached hydrogens (tertiary/aromatic N) is 4. The predicted octanol–water partition coefficient (Wildman–Crippen LogP) is 1.57. The van der Waals surface area contributed by atoms with Gasteiger partial charge in [0.1, 0.15) is 29.0 Å². The predicted molar refractivity (Wildman–Crippen MR) is 75.9 cm³/mol. The topological polar surface area (TPSA) is 95.1 Å². The second-order valence-corrected chi connectivity index (χ2v) is 4.48. The molecule has 3 aromatic rings. The summed E-state index contributed by atoms with van der Waals surface area (Å²) in [7, 11) is 0. The summed E-state index contributed by atoms with van der Waals surface area (Å²) in [5.74, 6) is 1.03. The van der Waals surface area contributed by atoms with Crippen LogP contribution >= 0.6 is 0 Å². The molecular weight excluding hydrogens is 240 g/mol. The van der Waals surface area contributed by atoms with Crippen LogP contribution in [0.15, 0.2) is 12.5 Å². The molecule has 0 radical (unpaired) electrons. The maximum Gasteiger partial charge on any atom is 0.167 e. The number of nitrogen functional groups attached to an aromatic ring is 2. The Hall–Kier alpha value is -2.37. The van der Waals surface area contributed by atoms with Crippen molar-refractivity contribution in [3.05, 3.63) is 23.7 Å². The Bertz CT molecular complexity index is 774. The lowest BCUT2D eigenvalue weighted by atomic mass is 10.0. The third kappa shape index (κ3) is 1.53. The molecular formula is C13H16N6. The Kier molecular flexibility index (Phi) is 2.51. The van der Waals surface area contributed by atoms with E-state index < -0.39 is 0 Å². The summed E-state index contributed by atoms with van der Waals surface area (Å²) < 4.78 is 1.84. The first-order valence-electron chi connectivity index (χ1n) is 6.35. The second-order valence-electron chi connectivity index (χ2n) is 4.48. The highest BCUT2D eigenvalue weighted by Crippen LogP contribution is 2.27. The quantitative estimate of drug-likeness (QED) is 0.725. The summed E-state index contributed by atoms with van der Waals surface area (Å²) in [6.45, 7) is 4.15. The van der Waals surface area contributed by atoms with Gasteiger partial charge in [-0.1, -0.05) is 13.8 Å². The number of imidazole rings is 1. The molecule has 0 aliphatic heterocycles. The minimum absolute atomic E-state index is 0.466. The molecule has 0 aliphatic carbocycles. The molecule has 19 heavy (non-hydrogen) atoms. The summed E-state index contributed by atoms with van der Waals surface area (Å²) in [5, 5.41) is 0. The van der Waals surface area contributed by atoms with Crippen molar-refractivity contribution in [1.29, 1.82) is 0 Å². The highest BCUT2D eigenvalue weighted by molar-refractivity contribution is 5.85. The molecule has 0 saturated carbocycles. The van der Waals surface area contributed by atoms with E-state index >= 15 is 0 Å². The molecule has 4 N–H and O–H groups in total. The summed E-state index contributed by atoms with van der Waals surface area (Å²) in [6, 6.07) is 0. The summed E-state index contributed by atoms with van der Waals surface area (Å²) >= 11 is 0. The summed E-state index contributed by atoms with van der Waals surface area (Å²) in [6.07, 6.45) is 5.05. The monoisotopic (exact) mass is 256 g/mol. The number of hydrogen-bond acceptors (Lipinski definition) is 5. The van der Waals surface area contributed by atoms with Gasteiger partial charge in [-0.15, -0.1) is 0 Å². The fourth-order valence-corrected chi connectivity index (χ4v) is 2.56. The van der Waals surface area contributed by atoms with E-state index in [0.717, 1.165) is 35.0 Å². The van der Waals surface area contributed by atoms with Crippen molar-refractivity contribution >= 4 is 28.3 Å². The van der Waals surface area contributed by atoms with Gasteiger partial charge in [-0.2, -0.15) is 0 Å². The standard InChI is InChI=1S/C13H16N6/c1-3-7-8(4-2)11(14)18-13-10(7)17-12(15)9-5-16-6-19(9)13/h5-6H,3-4H2,1-2H3,(H2,14,18)(H2,15,17). The zero-order valence-corrected chi connectivity index (χ0v) is 11.0. The van der Waals surface area contributed by atoms with Crippen LogP contribution < -0.4 is 11.5 Å². The molecule has 0 amide bonds. The first-order chi connectivity index (χ1) is 9.17. The van der Waals surface area contributed by atoms with Gasteiger partial charge in [-0.25, -0.2) is 15.0 Å². The first-order valence-corrected chi connectivity index (χ1v) is 6.35. The fourth-order valence-electron chi connectivity index (χ4n) is 2.56. The number of nitrogens with two attached hydrogens (primary N) is 2. The molecule has 98 valence electrons. The van der Waals surface area contributed by atoms with Gasteiger partial charge < -0.3 is 11.5 Å². The zero-order valence-electron chi connectivity index (χ0n) is 11.0. The normalized spacial score (nSPS) is 11.5. The lowest BCUT2D eigenvalue weighted by Gasteiger charge is -2.13. The SMILES string of the molecule is CCc1c(N)nc2c(nc(N)c3cncn32)c1CC. The molecule has 6 nitrogen and oxygen atoms in total. The van der Waals surface area contributed by atoms with Crippen LogP contribution in [0.2, 0.25) is 0 Å². The molecule has 0 aromatic carbocycles. The number of rotatable bonds is 2. The highest BCUT2D eigenvalue weighted by atomic mass is 15.1. The van der Waals surface area contributed by atoms with E-state index in [2.05, 4.69) is 28.8 Å². The number of anilines is 2. The van der Waals surface area contributed by atoms with E-state index in [1.54, 1.807) is 12.5 Å². The molecule has 0 fully saturated rings. The van der Waals surface area contributed by atoms with Crippen LogP contribution in [-0.2, 0) is 12.8 Å². The van der Waals surface area contributed by atoms with Gasteiger partial charge in [0.05, 0.1) is 6.20 Å². The number of aromatic nitrogens is 4. The smallest absolute Gasteiger partial charge is 0.167 e. The fraction of sp³-hybridized carbons (Fsp3) is 0.308. The van der Waals surface area contributed by atoms with Crippen molar-refractivity contribution in [2.45, 2.75) is 26.7 Å². The van der Waals surface area contributed by atoms with E-state index in [4.69, 9.17) is 11.5 Å². The maximum atomic E-state index is 6.07. The Morgan fingerprint density at radius 3 is 2.47 bits per heavy atom. The molecule has 0 saturated heterocycles. The highest BCUT2D eigenvalue weighted by Gasteiger charge is 2.15. The number of hydrogen-bond donors (Lipinski definition) is 2. The molecule has 6 heteroatoms. The summed E-state index contributed by atoms with van der Waals surface area (Å²) in [5.41, 5.74) is 16.5. The van der Waals surface area contributed by atoms with Gasteiger partial charge in [0.2, 0.25) is 0 Å². The van der Waals surface area contributed by atoms with Gasteiger partial charge in [0.15, 0.2) is 5.65 Å². The van der Waals surface area contributed by atoms with E-state index in [0.29, 0.717) is 17.3 Å². The van der Waals surface area contributed by atoms with Crippen LogP contribution in [0.1, 0.15) is 25.0 Å². The lowest BCUT2D eigenvalue weighted by Crippen LogP contribution is -2.08. The van der Waals surface area contributed by atoms with Crippen molar-refractivity contribution < 1.29 is 0 Å². The Balaban J connectivity index is 2.56. The molecule has 0 bridgehead atoms. The molecule has 0 atom stereocenters. The van der Waals surface area contributed by atoms with Crippen molar-refractivity contribution in [2.24, 2.45) is 0 Å². The Labute approximate surface area is 110 Å². The molecule has 0 spiro atoms. The van der Waals surface area contributed by atoms with Gasteiger partial charge in [0.25, 0.3) is 0 Å². The molecule has 0 aliphatic rings. The molecule has 3 aromatic heterocycles. The molecule has 3 rings (SSSR count). The minimum Gasteiger partial charge on any atom is -0.383 e. The van der Waals surface area contributed by atoms with E-state index in [1.807, 2.05) is 4.40 Å². The average molecular weight is 256 g/mol. The van der Waals surface area contributed by atoms with E-state index in [1.165, 1.54) is 0 Å². The van der Waals surface area contributed by atoms with Crippen molar-refractivity contribution in [2.75, 3.05) is 11.5 Å². The van der Waals surface area contributed by atoms with Gasteiger partial charge in [-0.05, 0) is 24.0 Å². The van der Waals surface area contributed by atoms with Crippen molar-refractivity contribution in [3.8, 4) is 0 Å². The van der Waals surface area contributed by atoms with Crippen LogP contribution in [-0.4, -0.2) is 19.4 Å². The zero-order chi connectivity index (χ0) is 13.6. The first kappa shape index (κ1) is 11.7. The van der Waals surface area contributed by atoms with Crippen molar-refractivity contribution in [3.63, 3.8) is 0 Å². The second kappa shape index (κ2) is 4.08. The number of fused-ring (bicyclic) bond motifs is 3. The van der Waals surface area contributed by atoms with Gasteiger partial charge >= 0.3 is 0 Å². The van der Waals surface area contributed by atoms with Crippen LogP contribution in [0.25, 0.3) is 16.7 Å². The number of aryl methyl sites for hydroxylation is 1. The number of pyridine rings is 1. The van der Waals surface area contributed by atoms with Crippen LogP contribution in [0, 0.1) is 0 Å². The average Bonchev–Trinajstić information content (AvgIpc) is 2.88. The van der Waals surface area contributed by atoms with Crippen LogP contribution in [0.3, 0.4) is 0 Å². The van der Waals surface area contributed by atoms with Crippen molar-refractivity contribution in [1.82, 2.24) is 19.4 Å². The Morgan fingerprint density at radius 2 is 1.79 bits per heavy atom. The van der Waals surface area contributed by atoms with Gasteiger partial charge in [-0.3, -0.25) is 4.40 Å². The Morgan fingerprint density at radius 1 is 1.05 bits per heavy atom. The van der Waals surface area contributed by atoms with Crippen LogP contribution in [0.4, 0.5) is 11.6 Å². The van der Waals surface area contributed by atoms with Crippen LogP contribution in [0.5, 0.6) is 0 Å². The molecule has 0 unspecified atom stereocenters. The largest absolute Gasteiger partial charge is 0.383 e. The van der Waals surface area contributed by atoms with Gasteiger partial charge in [0, 0.05) is 0 Å². The third-order valence-corrected chi connectivity index (χ3v) is 3.47. The molecule has 3 heterocycles. The maximum absolute atomic E-state index is 6.07. The third-order valence-electron chi connectivity index (χ3n) is 3.47. The van der Waals surface area contributed by atoms with E-state index in [9.17, 15) is 0 Å². The lowest BCUT2D eigenvalue weighted by molar-refractivity contribution is 1.02. The summed E-state index contributed by atoms with van der Waals surface area (Å²) in [4.78, 5) is 13.1.